The molecule has 2 aromatic heterocycles. The highest BCUT2D eigenvalue weighted by Crippen LogP contribution is 2.25. The summed E-state index contributed by atoms with van der Waals surface area (Å²) in [5.74, 6) is -4.01. The number of hydrogen-bond donors (Lipinski definition) is 5. The Bertz CT molecular complexity index is 947. The highest BCUT2D eigenvalue weighted by Gasteiger charge is 2.40. The molecule has 0 fully saturated rings. The molecule has 0 spiro atoms. The molecule has 0 unspecified atom stereocenters. The highest BCUT2D eigenvalue weighted by molar-refractivity contribution is 5.88. The van der Waals surface area contributed by atoms with E-state index in [1.54, 1.807) is 6.26 Å². The largest absolute Gasteiger partial charge is 0.481 e. The van der Waals surface area contributed by atoms with Gasteiger partial charge in [-0.3, -0.25) is 19.6 Å². The van der Waals surface area contributed by atoms with Gasteiger partial charge < -0.3 is 29.7 Å². The van der Waals surface area contributed by atoms with Crippen LogP contribution in [0.15, 0.2) is 29.0 Å². The summed E-state index contributed by atoms with van der Waals surface area (Å²) >= 11 is 0. The number of carbonyl (C=O) groups is 3. The lowest BCUT2D eigenvalue weighted by atomic mass is 9.89. The number of H-pyrrole nitrogens is 1. The quantitative estimate of drug-likeness (QED) is 0.266. The van der Waals surface area contributed by atoms with E-state index >= 15 is 0 Å². The van der Waals surface area contributed by atoms with Gasteiger partial charge >= 0.3 is 17.9 Å². The maximum absolute atomic E-state index is 10.3. The summed E-state index contributed by atoms with van der Waals surface area (Å²) in [6, 6.07) is 3.99. The molecule has 0 aliphatic heterocycles. The molecule has 5 N–H and O–H groups in total. The van der Waals surface area contributed by atoms with E-state index in [-0.39, 0.29) is 5.41 Å². The Hall–Kier alpha value is -3.22. The van der Waals surface area contributed by atoms with Crippen LogP contribution in [0.4, 0.5) is 0 Å². The average molecular weight is 511 g/mol. The minimum atomic E-state index is -2.74. The van der Waals surface area contributed by atoms with Crippen LogP contribution in [0.5, 0.6) is 0 Å². The molecule has 0 saturated carbocycles. The van der Waals surface area contributed by atoms with Crippen LogP contribution in [0, 0.1) is 0 Å². The van der Waals surface area contributed by atoms with Crippen molar-refractivity contribution in [2.45, 2.75) is 64.1 Å². The molecular formula is C24H38N4O8. The third-order valence-electron chi connectivity index (χ3n) is 5.19. The van der Waals surface area contributed by atoms with Crippen LogP contribution >= 0.6 is 0 Å². The number of hydrogen-bond acceptors (Lipinski definition) is 8. The molecule has 12 heteroatoms. The smallest absolute Gasteiger partial charge is 0.336 e. The van der Waals surface area contributed by atoms with Crippen LogP contribution in [0.3, 0.4) is 0 Å². The summed E-state index contributed by atoms with van der Waals surface area (Å²) in [7, 11) is 4.23. The number of nitrogens with zero attached hydrogens (tertiary/aromatic N) is 3. The number of rotatable bonds is 13. The fourth-order valence-electron chi connectivity index (χ4n) is 3.48. The number of aliphatic hydroxyl groups is 1. The average Bonchev–Trinajstić information content (AvgIpc) is 3.38. The lowest BCUT2D eigenvalue weighted by molar-refractivity contribution is -0.170. The lowest BCUT2D eigenvalue weighted by Gasteiger charge is -2.24. The molecule has 36 heavy (non-hydrogen) atoms. The molecule has 0 aliphatic carbocycles. The monoisotopic (exact) mass is 510 g/mol. The highest BCUT2D eigenvalue weighted by atomic mass is 16.4. The third kappa shape index (κ3) is 11.0. The first-order valence-electron chi connectivity index (χ1n) is 11.5. The summed E-state index contributed by atoms with van der Waals surface area (Å²) < 4.78 is 5.53. The van der Waals surface area contributed by atoms with Crippen molar-refractivity contribution < 1.29 is 39.2 Å². The molecule has 0 bridgehead atoms. The van der Waals surface area contributed by atoms with Crippen molar-refractivity contribution in [1.82, 2.24) is 20.0 Å². The van der Waals surface area contributed by atoms with Gasteiger partial charge in [0.2, 0.25) is 0 Å². The summed E-state index contributed by atoms with van der Waals surface area (Å²) in [6.07, 6.45) is 2.55. The van der Waals surface area contributed by atoms with Crippen molar-refractivity contribution in [2.24, 2.45) is 0 Å². The predicted molar refractivity (Wildman–Crippen MR) is 130 cm³/mol. The normalized spacial score (nSPS) is 11.9. The van der Waals surface area contributed by atoms with Crippen molar-refractivity contribution in [2.75, 3.05) is 27.2 Å². The van der Waals surface area contributed by atoms with E-state index in [0.717, 1.165) is 38.4 Å². The molecule has 2 aromatic rings. The fraction of sp³-hybridized carbons (Fsp3) is 0.583. The van der Waals surface area contributed by atoms with E-state index in [9.17, 15) is 14.4 Å². The molecule has 12 nitrogen and oxygen atoms in total. The Kier molecular flexibility index (Phi) is 11.8. The predicted octanol–water partition coefficient (Wildman–Crippen LogP) is 2.01. The van der Waals surface area contributed by atoms with E-state index in [1.807, 2.05) is 18.3 Å². The molecule has 0 atom stereocenters. The first-order chi connectivity index (χ1) is 16.6. The topological polar surface area (TPSA) is 180 Å². The summed E-state index contributed by atoms with van der Waals surface area (Å²) in [6.45, 7) is 10.5. The van der Waals surface area contributed by atoms with Crippen LogP contribution < -0.4 is 0 Å². The van der Waals surface area contributed by atoms with Gasteiger partial charge in [0, 0.05) is 29.8 Å². The van der Waals surface area contributed by atoms with Crippen molar-refractivity contribution in [1.29, 1.82) is 0 Å². The number of nitrogens with one attached hydrogen (secondary N) is 1. The van der Waals surface area contributed by atoms with E-state index in [0.29, 0.717) is 0 Å². The zero-order valence-corrected chi connectivity index (χ0v) is 21.5. The Morgan fingerprint density at radius 3 is 2.08 bits per heavy atom. The van der Waals surface area contributed by atoms with Gasteiger partial charge in [-0.25, -0.2) is 4.79 Å². The molecular weight excluding hydrogens is 472 g/mol. The van der Waals surface area contributed by atoms with E-state index in [1.165, 1.54) is 11.3 Å². The van der Waals surface area contributed by atoms with Gasteiger partial charge in [0.1, 0.15) is 5.76 Å². The third-order valence-corrected chi connectivity index (χ3v) is 5.19. The zero-order chi connectivity index (χ0) is 27.5. The van der Waals surface area contributed by atoms with E-state index in [4.69, 9.17) is 24.8 Å². The van der Waals surface area contributed by atoms with E-state index in [2.05, 4.69) is 54.9 Å². The van der Waals surface area contributed by atoms with Crippen LogP contribution in [-0.4, -0.2) is 91.1 Å². The van der Waals surface area contributed by atoms with Crippen molar-refractivity contribution in [3.63, 3.8) is 0 Å². The molecule has 202 valence electrons. The molecule has 0 radical (unpaired) electrons. The van der Waals surface area contributed by atoms with Crippen LogP contribution in [0.1, 0.15) is 57.1 Å². The van der Waals surface area contributed by atoms with E-state index < -0.39 is 36.4 Å². The van der Waals surface area contributed by atoms with Gasteiger partial charge in [0.15, 0.2) is 5.60 Å². The van der Waals surface area contributed by atoms with Gasteiger partial charge in [0.25, 0.3) is 0 Å². The zero-order valence-electron chi connectivity index (χ0n) is 21.5. The summed E-state index contributed by atoms with van der Waals surface area (Å²) in [4.78, 5) is 35.1. The second-order valence-electron chi connectivity index (χ2n) is 9.94. The number of aliphatic carboxylic acids is 3. The van der Waals surface area contributed by atoms with Gasteiger partial charge in [-0.2, -0.15) is 5.10 Å². The Labute approximate surface area is 210 Å². The van der Waals surface area contributed by atoms with Gasteiger partial charge in [-0.15, -0.1) is 0 Å². The molecule has 0 amide bonds. The second kappa shape index (κ2) is 13.8. The minimum absolute atomic E-state index is 0.0752. The summed E-state index contributed by atoms with van der Waals surface area (Å²) in [5.41, 5.74) is -0.174. The number of aromatic amines is 1. The second-order valence-corrected chi connectivity index (χ2v) is 9.94. The van der Waals surface area contributed by atoms with Crippen molar-refractivity contribution >= 4 is 17.9 Å². The molecule has 0 saturated heterocycles. The minimum Gasteiger partial charge on any atom is -0.481 e. The molecule has 2 heterocycles. The Morgan fingerprint density at radius 1 is 1.03 bits per heavy atom. The number of furan rings is 1. The maximum Gasteiger partial charge on any atom is 0.336 e. The van der Waals surface area contributed by atoms with Crippen LogP contribution in [0.2, 0.25) is 0 Å². The van der Waals surface area contributed by atoms with Crippen molar-refractivity contribution in [3.8, 4) is 0 Å². The lowest BCUT2D eigenvalue weighted by Crippen LogP contribution is -2.42. The number of carboxylic acids is 3. The number of aromatic nitrogens is 2. The van der Waals surface area contributed by atoms with Crippen LogP contribution in [0.25, 0.3) is 0 Å². The number of carboxylic acid groups (broad SMARTS) is 3. The van der Waals surface area contributed by atoms with Crippen molar-refractivity contribution in [3.05, 3.63) is 41.6 Å². The first-order valence-corrected chi connectivity index (χ1v) is 11.5. The van der Waals surface area contributed by atoms with Crippen LogP contribution in [-0.2, 0) is 32.9 Å². The molecule has 2 rings (SSSR count). The first kappa shape index (κ1) is 30.8. The fourth-order valence-corrected chi connectivity index (χ4v) is 3.48. The van der Waals surface area contributed by atoms with Gasteiger partial charge in [-0.05, 0) is 39.2 Å². The SMILES string of the molecule is CN(C)CCCN(Cc1ccco1)Cc1cn[nH]c1C(C)(C)C.O=C(O)CC(O)(CC(=O)O)C(=O)O. The Morgan fingerprint density at radius 2 is 1.64 bits per heavy atom. The standard InChI is InChI=1S/C18H30N4O.C6H8O7/c1-18(2,3)17-15(12-19-20-17)13-22(10-7-9-21(4)5)14-16-8-6-11-23-16;7-3(8)1-6(13,5(11)12)2-4(9)10/h6,8,11-12H,7,9-10,13-14H2,1-5H3,(H,19,20);13H,1-2H2,(H,7,8)(H,9,10)(H,11,12). The Balaban J connectivity index is 0.000000426. The summed E-state index contributed by atoms with van der Waals surface area (Å²) in [5, 5.41) is 41.3. The van der Waals surface area contributed by atoms with Gasteiger partial charge in [-0.1, -0.05) is 20.8 Å². The van der Waals surface area contributed by atoms with Gasteiger partial charge in [0.05, 0.1) is 31.8 Å². The molecule has 0 aromatic carbocycles. The maximum atomic E-state index is 10.3. The molecule has 0 aliphatic rings.